The molecular formula is H4AgBrO4P. The summed E-state index contributed by atoms with van der Waals surface area (Å²) in [5.74, 6) is 0. The molecule has 0 unspecified atom stereocenters. The van der Waals surface area contributed by atoms with Crippen LogP contribution < -0.4 is 0 Å². The van der Waals surface area contributed by atoms with Gasteiger partial charge in [0.2, 0.25) is 0 Å². The zero-order valence-corrected chi connectivity index (χ0v) is 7.00. The minimum absolute atomic E-state index is 0. The Balaban J connectivity index is -0.0000000800. The van der Waals surface area contributed by atoms with Gasteiger partial charge < -0.3 is 14.7 Å². The fourth-order valence-electron chi connectivity index (χ4n) is 0. The minimum atomic E-state index is -4.64. The van der Waals surface area contributed by atoms with Gasteiger partial charge in [-0.25, -0.2) is 4.57 Å². The molecule has 0 bridgehead atoms. The second-order valence-electron chi connectivity index (χ2n) is 0.513. The van der Waals surface area contributed by atoms with Gasteiger partial charge in [0.05, 0.1) is 0 Å². The standard InChI is InChI=1S/Ag.BrH.H3O4P/c;;1-5(2,3)4/h;1H;(H3,1,2,3,4). The van der Waals surface area contributed by atoms with Crippen LogP contribution in [0.3, 0.4) is 0 Å². The third kappa shape index (κ3) is 118. The van der Waals surface area contributed by atoms with Crippen LogP contribution in [-0.2, 0) is 26.9 Å². The van der Waals surface area contributed by atoms with Crippen molar-refractivity contribution in [2.24, 2.45) is 0 Å². The maximum atomic E-state index is 8.88. The minimum Gasteiger partial charge on any atom is -0.303 e. The fraction of sp³-hybridized carbons (Fsp3) is 0. The van der Waals surface area contributed by atoms with E-state index in [4.69, 9.17) is 19.2 Å². The van der Waals surface area contributed by atoms with Crippen LogP contribution in [-0.4, -0.2) is 14.7 Å². The summed E-state index contributed by atoms with van der Waals surface area (Å²) < 4.78 is 8.88. The molecule has 7 heavy (non-hydrogen) atoms. The van der Waals surface area contributed by atoms with Gasteiger partial charge in [-0.3, -0.25) is 0 Å². The molecule has 0 spiro atoms. The predicted molar refractivity (Wildman–Crippen MR) is 24.6 cm³/mol. The Morgan fingerprint density at radius 2 is 1.14 bits per heavy atom. The molecule has 0 rings (SSSR count). The SMILES string of the molecule is Br.O=P(O)(O)O.[Ag]. The molecule has 3 N–H and O–H groups in total. The number of hydrogen-bond acceptors (Lipinski definition) is 1. The van der Waals surface area contributed by atoms with Crippen molar-refractivity contribution in [3.05, 3.63) is 0 Å². The Morgan fingerprint density at radius 1 is 1.14 bits per heavy atom. The Hall–Kier alpha value is 1.33. The van der Waals surface area contributed by atoms with Gasteiger partial charge in [0.15, 0.2) is 0 Å². The van der Waals surface area contributed by atoms with E-state index in [2.05, 4.69) is 0 Å². The molecular weight excluding hydrogens is 283 g/mol. The molecule has 0 amide bonds. The first-order valence-electron chi connectivity index (χ1n) is 0.783. The summed E-state index contributed by atoms with van der Waals surface area (Å²) in [4.78, 5) is 21.6. The van der Waals surface area contributed by atoms with Crippen molar-refractivity contribution in [3.8, 4) is 0 Å². The molecule has 0 heterocycles. The first kappa shape index (κ1) is 15.8. The van der Waals surface area contributed by atoms with Crippen molar-refractivity contribution in [1.82, 2.24) is 0 Å². The topological polar surface area (TPSA) is 77.8 Å². The number of hydrogen-bond donors (Lipinski definition) is 3. The third-order valence-corrected chi connectivity index (χ3v) is 0. The zero-order valence-electron chi connectivity index (χ0n) is 2.91. The molecule has 7 heteroatoms. The smallest absolute Gasteiger partial charge is 0.303 e. The van der Waals surface area contributed by atoms with Crippen LogP contribution in [0, 0.1) is 0 Å². The maximum Gasteiger partial charge on any atom is 0.466 e. The van der Waals surface area contributed by atoms with E-state index in [1.807, 2.05) is 0 Å². The molecule has 0 aliphatic carbocycles. The van der Waals surface area contributed by atoms with Gasteiger partial charge in [0.1, 0.15) is 0 Å². The number of halogens is 1. The van der Waals surface area contributed by atoms with Gasteiger partial charge in [-0.05, 0) is 0 Å². The van der Waals surface area contributed by atoms with Gasteiger partial charge in [-0.1, -0.05) is 0 Å². The van der Waals surface area contributed by atoms with Crippen LogP contribution in [0.1, 0.15) is 0 Å². The zero-order chi connectivity index (χ0) is 4.50. The molecule has 1 radical (unpaired) electrons. The molecule has 0 aliphatic rings. The van der Waals surface area contributed by atoms with Crippen LogP contribution in [0.5, 0.6) is 0 Å². The molecule has 4 nitrogen and oxygen atoms in total. The Bertz CT molecular complexity index is 57.8. The van der Waals surface area contributed by atoms with Crippen LogP contribution in [0.2, 0.25) is 0 Å². The summed E-state index contributed by atoms with van der Waals surface area (Å²) in [7, 11) is -4.64. The van der Waals surface area contributed by atoms with Crippen LogP contribution in [0.4, 0.5) is 0 Å². The summed E-state index contributed by atoms with van der Waals surface area (Å²) in [6.45, 7) is 0. The van der Waals surface area contributed by atoms with E-state index in [0.29, 0.717) is 0 Å². The molecule has 0 saturated carbocycles. The van der Waals surface area contributed by atoms with E-state index >= 15 is 0 Å². The normalized spacial score (nSPS) is 8.43. The second-order valence-corrected chi connectivity index (χ2v) is 1.54. The van der Waals surface area contributed by atoms with Crippen molar-refractivity contribution in [2.45, 2.75) is 0 Å². The third-order valence-electron chi connectivity index (χ3n) is 0. The van der Waals surface area contributed by atoms with E-state index in [-0.39, 0.29) is 39.4 Å². The average Bonchev–Trinajstić information content (AvgIpc) is 0.722. The van der Waals surface area contributed by atoms with Crippen molar-refractivity contribution in [1.29, 1.82) is 0 Å². The summed E-state index contributed by atoms with van der Waals surface area (Å²) in [6.07, 6.45) is 0. The maximum absolute atomic E-state index is 8.88. The summed E-state index contributed by atoms with van der Waals surface area (Å²) in [5.41, 5.74) is 0. The molecule has 0 aromatic carbocycles. The quantitative estimate of drug-likeness (QED) is 0.420. The Morgan fingerprint density at radius 3 is 1.14 bits per heavy atom. The molecule has 0 saturated heterocycles. The Kier molecular flexibility index (Phi) is 12.3. The van der Waals surface area contributed by atoms with E-state index < -0.39 is 7.82 Å². The molecule has 0 aromatic heterocycles. The predicted octanol–water partition coefficient (Wildman–Crippen LogP) is -0.353. The van der Waals surface area contributed by atoms with E-state index in [0.717, 1.165) is 0 Å². The summed E-state index contributed by atoms with van der Waals surface area (Å²) >= 11 is 0. The Labute approximate surface area is 66.5 Å². The first-order chi connectivity index (χ1) is 2.00. The average molecular weight is 287 g/mol. The summed E-state index contributed by atoms with van der Waals surface area (Å²) in [6, 6.07) is 0. The van der Waals surface area contributed by atoms with Gasteiger partial charge in [-0.2, -0.15) is 0 Å². The van der Waals surface area contributed by atoms with Crippen LogP contribution >= 0.6 is 24.8 Å². The van der Waals surface area contributed by atoms with E-state index in [1.54, 1.807) is 0 Å². The van der Waals surface area contributed by atoms with Crippen molar-refractivity contribution >= 4 is 24.8 Å². The van der Waals surface area contributed by atoms with Crippen LogP contribution in [0.25, 0.3) is 0 Å². The summed E-state index contributed by atoms with van der Waals surface area (Å²) in [5, 5.41) is 0. The van der Waals surface area contributed by atoms with Gasteiger partial charge >= 0.3 is 7.82 Å². The molecule has 0 atom stereocenters. The van der Waals surface area contributed by atoms with Gasteiger partial charge in [-0.15, -0.1) is 17.0 Å². The molecule has 0 aliphatic heterocycles. The number of phosphoric acid groups is 1. The van der Waals surface area contributed by atoms with Crippen molar-refractivity contribution < 1.29 is 41.6 Å². The largest absolute Gasteiger partial charge is 0.466 e. The monoisotopic (exact) mass is 285 g/mol. The second kappa shape index (κ2) is 5.47. The number of rotatable bonds is 0. The van der Waals surface area contributed by atoms with Crippen molar-refractivity contribution in [2.75, 3.05) is 0 Å². The first-order valence-corrected chi connectivity index (χ1v) is 2.35. The van der Waals surface area contributed by atoms with Crippen molar-refractivity contribution in [3.63, 3.8) is 0 Å². The van der Waals surface area contributed by atoms with E-state index in [1.165, 1.54) is 0 Å². The van der Waals surface area contributed by atoms with Crippen LogP contribution in [0.15, 0.2) is 0 Å². The fourth-order valence-corrected chi connectivity index (χ4v) is 0. The van der Waals surface area contributed by atoms with Gasteiger partial charge in [0.25, 0.3) is 0 Å². The van der Waals surface area contributed by atoms with E-state index in [9.17, 15) is 0 Å². The molecule has 51 valence electrons. The molecule has 0 fully saturated rings. The molecule has 0 aromatic rings. The van der Waals surface area contributed by atoms with Gasteiger partial charge in [0, 0.05) is 22.4 Å².